The highest BCUT2D eigenvalue weighted by atomic mass is 16.5. The SMILES string of the molecule is NCC1(C(=O)c2cccc3ncccc23)CCOCC1. The maximum Gasteiger partial charge on any atom is 0.171 e. The van der Waals surface area contributed by atoms with Crippen LogP contribution in [0.25, 0.3) is 10.9 Å². The Labute approximate surface area is 117 Å². The van der Waals surface area contributed by atoms with E-state index in [1.54, 1.807) is 6.20 Å². The number of carbonyl (C=O) groups is 1. The first-order chi connectivity index (χ1) is 9.77. The molecule has 20 heavy (non-hydrogen) atoms. The molecule has 3 rings (SSSR count). The van der Waals surface area contributed by atoms with Crippen LogP contribution in [0.4, 0.5) is 0 Å². The fourth-order valence-corrected chi connectivity index (χ4v) is 2.87. The highest BCUT2D eigenvalue weighted by molar-refractivity contribution is 6.10. The Morgan fingerprint density at radius 1 is 1.25 bits per heavy atom. The molecular weight excluding hydrogens is 252 g/mol. The third kappa shape index (κ3) is 2.11. The third-order valence-electron chi connectivity index (χ3n) is 4.21. The van der Waals surface area contributed by atoms with E-state index in [2.05, 4.69) is 4.98 Å². The molecule has 0 unspecified atom stereocenters. The number of aromatic nitrogens is 1. The van der Waals surface area contributed by atoms with E-state index in [1.165, 1.54) is 0 Å². The summed E-state index contributed by atoms with van der Waals surface area (Å²) in [7, 11) is 0. The lowest BCUT2D eigenvalue weighted by Crippen LogP contribution is -2.43. The first kappa shape index (κ1) is 13.2. The van der Waals surface area contributed by atoms with E-state index < -0.39 is 5.41 Å². The number of benzene rings is 1. The largest absolute Gasteiger partial charge is 0.381 e. The van der Waals surface area contributed by atoms with Crippen LogP contribution < -0.4 is 5.73 Å². The second-order valence-corrected chi connectivity index (χ2v) is 5.30. The molecular formula is C16H18N2O2. The average molecular weight is 270 g/mol. The number of nitrogens with zero attached hydrogens (tertiary/aromatic N) is 1. The predicted octanol–water partition coefficient (Wildman–Crippen LogP) is 2.17. The number of hydrogen-bond acceptors (Lipinski definition) is 4. The number of hydrogen-bond donors (Lipinski definition) is 1. The van der Waals surface area contributed by atoms with E-state index in [4.69, 9.17) is 10.5 Å². The molecule has 1 aromatic carbocycles. The summed E-state index contributed by atoms with van der Waals surface area (Å²) < 4.78 is 5.38. The van der Waals surface area contributed by atoms with Gasteiger partial charge in [-0.15, -0.1) is 0 Å². The molecule has 1 aliphatic heterocycles. The molecule has 104 valence electrons. The predicted molar refractivity (Wildman–Crippen MR) is 77.6 cm³/mol. The minimum absolute atomic E-state index is 0.127. The molecule has 4 nitrogen and oxygen atoms in total. The van der Waals surface area contributed by atoms with E-state index in [-0.39, 0.29) is 5.78 Å². The summed E-state index contributed by atoms with van der Waals surface area (Å²) in [5.41, 5.74) is 7.01. The van der Waals surface area contributed by atoms with Gasteiger partial charge >= 0.3 is 0 Å². The fraction of sp³-hybridized carbons (Fsp3) is 0.375. The number of carbonyl (C=O) groups excluding carboxylic acids is 1. The fourth-order valence-electron chi connectivity index (χ4n) is 2.87. The number of pyridine rings is 1. The summed E-state index contributed by atoms with van der Waals surface area (Å²) in [6.07, 6.45) is 3.13. The van der Waals surface area contributed by atoms with E-state index in [0.717, 1.165) is 16.5 Å². The van der Waals surface area contributed by atoms with Crippen LogP contribution in [0.3, 0.4) is 0 Å². The number of rotatable bonds is 3. The van der Waals surface area contributed by atoms with Gasteiger partial charge in [0.1, 0.15) is 0 Å². The highest BCUT2D eigenvalue weighted by Gasteiger charge is 2.39. The van der Waals surface area contributed by atoms with Crippen molar-refractivity contribution >= 4 is 16.7 Å². The molecule has 1 aromatic heterocycles. The van der Waals surface area contributed by atoms with E-state index in [0.29, 0.717) is 32.6 Å². The molecule has 0 atom stereocenters. The minimum Gasteiger partial charge on any atom is -0.381 e. The zero-order valence-electron chi connectivity index (χ0n) is 11.3. The third-order valence-corrected chi connectivity index (χ3v) is 4.21. The van der Waals surface area contributed by atoms with Gasteiger partial charge in [0.25, 0.3) is 0 Å². The van der Waals surface area contributed by atoms with Crippen LogP contribution in [-0.2, 0) is 4.74 Å². The van der Waals surface area contributed by atoms with Crippen LogP contribution in [0.5, 0.6) is 0 Å². The smallest absolute Gasteiger partial charge is 0.171 e. The van der Waals surface area contributed by atoms with Gasteiger partial charge in [-0.3, -0.25) is 9.78 Å². The van der Waals surface area contributed by atoms with Gasteiger partial charge in [-0.1, -0.05) is 18.2 Å². The molecule has 2 aromatic rings. The van der Waals surface area contributed by atoms with Crippen molar-refractivity contribution in [1.82, 2.24) is 4.98 Å². The minimum atomic E-state index is -0.484. The van der Waals surface area contributed by atoms with Crippen molar-refractivity contribution in [3.05, 3.63) is 42.1 Å². The van der Waals surface area contributed by atoms with Gasteiger partial charge in [-0.2, -0.15) is 0 Å². The summed E-state index contributed by atoms with van der Waals surface area (Å²) >= 11 is 0. The van der Waals surface area contributed by atoms with Crippen LogP contribution in [0, 0.1) is 5.41 Å². The van der Waals surface area contributed by atoms with Crippen molar-refractivity contribution in [2.45, 2.75) is 12.8 Å². The number of Topliss-reactive ketones (excluding diaryl/α,β-unsaturated/α-hetero) is 1. The number of fused-ring (bicyclic) bond motifs is 1. The molecule has 0 bridgehead atoms. The van der Waals surface area contributed by atoms with Crippen molar-refractivity contribution in [1.29, 1.82) is 0 Å². The van der Waals surface area contributed by atoms with Crippen LogP contribution in [-0.4, -0.2) is 30.5 Å². The summed E-state index contributed by atoms with van der Waals surface area (Å²) in [6.45, 7) is 1.57. The number of ketones is 1. The van der Waals surface area contributed by atoms with Gasteiger partial charge in [-0.25, -0.2) is 0 Å². The summed E-state index contributed by atoms with van der Waals surface area (Å²) in [5, 5.41) is 0.902. The maximum atomic E-state index is 13.0. The standard InChI is InChI=1S/C16H18N2O2/c17-11-16(6-9-20-10-7-16)15(19)13-3-1-5-14-12(13)4-2-8-18-14/h1-5,8H,6-7,9-11,17H2. The Bertz CT molecular complexity index is 628. The Hall–Kier alpha value is -1.78. The molecule has 2 heterocycles. The van der Waals surface area contributed by atoms with Crippen molar-refractivity contribution in [2.75, 3.05) is 19.8 Å². The quantitative estimate of drug-likeness (QED) is 0.868. The van der Waals surface area contributed by atoms with Gasteiger partial charge in [0, 0.05) is 36.9 Å². The molecule has 1 saturated heterocycles. The summed E-state index contributed by atoms with van der Waals surface area (Å²) in [5.74, 6) is 0.127. The van der Waals surface area contributed by atoms with Gasteiger partial charge < -0.3 is 10.5 Å². The van der Waals surface area contributed by atoms with Crippen molar-refractivity contribution in [3.63, 3.8) is 0 Å². The van der Waals surface area contributed by atoms with E-state index in [1.807, 2.05) is 30.3 Å². The first-order valence-electron chi connectivity index (χ1n) is 6.93. The van der Waals surface area contributed by atoms with Gasteiger partial charge in [0.2, 0.25) is 0 Å². The van der Waals surface area contributed by atoms with Gasteiger partial charge in [-0.05, 0) is 25.0 Å². The maximum absolute atomic E-state index is 13.0. The molecule has 0 amide bonds. The Kier molecular flexibility index (Phi) is 3.51. The van der Waals surface area contributed by atoms with Crippen LogP contribution in [0.1, 0.15) is 23.2 Å². The highest BCUT2D eigenvalue weighted by Crippen LogP contribution is 2.35. The molecule has 0 radical (unpaired) electrons. The molecule has 1 aliphatic rings. The zero-order chi connectivity index (χ0) is 14.0. The summed E-state index contributed by atoms with van der Waals surface area (Å²) in [4.78, 5) is 17.3. The van der Waals surface area contributed by atoms with E-state index >= 15 is 0 Å². The second kappa shape index (κ2) is 5.31. The molecule has 1 fully saturated rings. The average Bonchev–Trinajstić information content (AvgIpc) is 2.54. The van der Waals surface area contributed by atoms with Crippen molar-refractivity contribution in [3.8, 4) is 0 Å². The van der Waals surface area contributed by atoms with Crippen molar-refractivity contribution < 1.29 is 9.53 Å². The molecule has 0 spiro atoms. The lowest BCUT2D eigenvalue weighted by Gasteiger charge is -2.34. The van der Waals surface area contributed by atoms with Crippen LogP contribution in [0.2, 0.25) is 0 Å². The second-order valence-electron chi connectivity index (χ2n) is 5.30. The Morgan fingerprint density at radius 2 is 2.05 bits per heavy atom. The van der Waals surface area contributed by atoms with Crippen LogP contribution in [0.15, 0.2) is 36.5 Å². The molecule has 2 N–H and O–H groups in total. The molecule has 0 aliphatic carbocycles. The van der Waals surface area contributed by atoms with Gasteiger partial charge in [0.15, 0.2) is 5.78 Å². The molecule has 0 saturated carbocycles. The van der Waals surface area contributed by atoms with Crippen LogP contribution >= 0.6 is 0 Å². The normalized spacial score (nSPS) is 18.1. The topological polar surface area (TPSA) is 65.2 Å². The van der Waals surface area contributed by atoms with Crippen molar-refractivity contribution in [2.24, 2.45) is 11.1 Å². The first-order valence-corrected chi connectivity index (χ1v) is 6.93. The zero-order valence-corrected chi connectivity index (χ0v) is 11.3. The lowest BCUT2D eigenvalue weighted by molar-refractivity contribution is 0.0201. The number of ether oxygens (including phenoxy) is 1. The monoisotopic (exact) mass is 270 g/mol. The van der Waals surface area contributed by atoms with Gasteiger partial charge in [0.05, 0.1) is 10.9 Å². The Balaban J connectivity index is 2.08. The Morgan fingerprint density at radius 3 is 2.80 bits per heavy atom. The molecule has 4 heteroatoms. The summed E-state index contributed by atoms with van der Waals surface area (Å²) in [6, 6.07) is 9.48. The number of nitrogens with two attached hydrogens (primary N) is 1. The lowest BCUT2D eigenvalue weighted by atomic mass is 9.73. The van der Waals surface area contributed by atoms with E-state index in [9.17, 15) is 4.79 Å².